The first-order valence-corrected chi connectivity index (χ1v) is 10.8. The van der Waals surface area contributed by atoms with Crippen LogP contribution in [-0.2, 0) is 16.0 Å². The first kappa shape index (κ1) is 29.5. The highest BCUT2D eigenvalue weighted by atomic mass is 35.5. The maximum atomic E-state index is 12.1. The van der Waals surface area contributed by atoms with Gasteiger partial charge in [-0.15, -0.1) is 0 Å². The summed E-state index contributed by atoms with van der Waals surface area (Å²) in [5.74, 6) is -2.10. The Morgan fingerprint density at radius 2 is 1.69 bits per heavy atom. The summed E-state index contributed by atoms with van der Waals surface area (Å²) >= 11 is 5.89. The Labute approximate surface area is 192 Å². The van der Waals surface area contributed by atoms with E-state index < -0.39 is 30.9 Å². The Bertz CT molecular complexity index is 827. The van der Waals surface area contributed by atoms with Crippen molar-refractivity contribution < 1.29 is 27.9 Å². The highest BCUT2D eigenvalue weighted by molar-refractivity contribution is 6.33. The monoisotopic (exact) mass is 473 g/mol. The van der Waals surface area contributed by atoms with E-state index in [0.717, 1.165) is 6.42 Å². The number of aliphatic carboxylic acids is 1. The lowest BCUT2D eigenvalue weighted by atomic mass is 9.97. The fourth-order valence-electron chi connectivity index (χ4n) is 2.51. The molecule has 8 heteroatoms. The minimum Gasteiger partial charge on any atom is -0.481 e. The number of nitrogens with one attached hydrogen (secondary N) is 1. The molecule has 0 bridgehead atoms. The van der Waals surface area contributed by atoms with Crippen molar-refractivity contribution in [1.29, 1.82) is 0 Å². The van der Waals surface area contributed by atoms with E-state index in [0.29, 0.717) is 5.56 Å². The van der Waals surface area contributed by atoms with E-state index in [1.807, 2.05) is 19.9 Å². The third kappa shape index (κ3) is 13.0. The van der Waals surface area contributed by atoms with E-state index in [-0.39, 0.29) is 23.0 Å². The lowest BCUT2D eigenvalue weighted by molar-refractivity contribution is -0.142. The quantitative estimate of drug-likeness (QED) is 0.438. The molecule has 0 aliphatic carbocycles. The fraction of sp³-hybridized carbons (Fsp3) is 0.417. The van der Waals surface area contributed by atoms with Crippen LogP contribution in [0.25, 0.3) is 0 Å². The molecule has 0 heterocycles. The van der Waals surface area contributed by atoms with Crippen LogP contribution >= 0.6 is 11.6 Å². The molecule has 1 unspecified atom stereocenters. The first-order valence-electron chi connectivity index (χ1n) is 10.4. The van der Waals surface area contributed by atoms with Gasteiger partial charge in [-0.2, -0.15) is 13.2 Å². The third-order valence-electron chi connectivity index (χ3n) is 4.20. The normalized spacial score (nSPS) is 11.2. The van der Waals surface area contributed by atoms with Crippen molar-refractivity contribution in [2.45, 2.75) is 65.5 Å². The fourth-order valence-corrected chi connectivity index (χ4v) is 2.67. The topological polar surface area (TPSA) is 66.4 Å². The number of anilines is 1. The number of carboxylic acid groups (broad SMARTS) is 1. The molecule has 0 radical (unpaired) electrons. The molecule has 1 atom stereocenters. The number of hydrogen-bond donors (Lipinski definition) is 2. The predicted octanol–water partition coefficient (Wildman–Crippen LogP) is 7.47. The molecular formula is C24H31ClF3NO3. The zero-order valence-electron chi connectivity index (χ0n) is 18.8. The van der Waals surface area contributed by atoms with Crippen LogP contribution in [0.5, 0.6) is 0 Å². The number of carbonyl (C=O) groups is 2. The minimum atomic E-state index is -4.40. The van der Waals surface area contributed by atoms with Gasteiger partial charge in [0, 0.05) is 6.42 Å². The first-order chi connectivity index (χ1) is 15.0. The molecule has 0 aliphatic rings. The molecule has 32 heavy (non-hydrogen) atoms. The molecular weight excluding hydrogens is 443 g/mol. The van der Waals surface area contributed by atoms with Crippen LogP contribution in [0, 0.1) is 0 Å². The van der Waals surface area contributed by atoms with Gasteiger partial charge in [0.1, 0.15) is 0 Å². The zero-order chi connectivity index (χ0) is 24.7. The van der Waals surface area contributed by atoms with Crippen LogP contribution in [0.1, 0.15) is 64.0 Å². The van der Waals surface area contributed by atoms with E-state index >= 15 is 0 Å². The SMILES string of the molecule is CC.CC(CC(=O)O)c1ccc(Cl)c(NC(=O)CCC(F)(F)F)c1.CCc1ccccc1. The molecule has 0 spiro atoms. The maximum absolute atomic E-state index is 12.1. The van der Waals surface area contributed by atoms with Gasteiger partial charge in [-0.25, -0.2) is 0 Å². The minimum absolute atomic E-state index is 0.108. The Kier molecular flexibility index (Phi) is 14.1. The van der Waals surface area contributed by atoms with Crippen molar-refractivity contribution in [3.05, 3.63) is 64.7 Å². The van der Waals surface area contributed by atoms with Crippen LogP contribution in [0.4, 0.5) is 18.9 Å². The smallest absolute Gasteiger partial charge is 0.389 e. The second-order valence-electron chi connectivity index (χ2n) is 6.74. The van der Waals surface area contributed by atoms with E-state index in [9.17, 15) is 22.8 Å². The summed E-state index contributed by atoms with van der Waals surface area (Å²) in [6.07, 6.45) is -5.29. The second-order valence-corrected chi connectivity index (χ2v) is 7.15. The summed E-state index contributed by atoms with van der Waals surface area (Å²) in [4.78, 5) is 22.2. The number of hydrogen-bond acceptors (Lipinski definition) is 2. The molecule has 0 aromatic heterocycles. The summed E-state index contributed by atoms with van der Waals surface area (Å²) in [6.45, 7) is 7.85. The van der Waals surface area contributed by atoms with Crippen molar-refractivity contribution in [1.82, 2.24) is 0 Å². The number of carboxylic acids is 1. The average Bonchev–Trinajstić information content (AvgIpc) is 2.75. The van der Waals surface area contributed by atoms with Crippen molar-refractivity contribution in [3.63, 3.8) is 0 Å². The molecule has 2 aromatic carbocycles. The summed E-state index contributed by atoms with van der Waals surface area (Å²) < 4.78 is 36.2. The number of amides is 1. The maximum Gasteiger partial charge on any atom is 0.389 e. The van der Waals surface area contributed by atoms with Crippen molar-refractivity contribution >= 4 is 29.2 Å². The second kappa shape index (κ2) is 15.3. The average molecular weight is 474 g/mol. The lowest BCUT2D eigenvalue weighted by Crippen LogP contribution is -2.17. The highest BCUT2D eigenvalue weighted by Gasteiger charge is 2.28. The zero-order valence-corrected chi connectivity index (χ0v) is 19.6. The van der Waals surface area contributed by atoms with Gasteiger partial charge in [0.15, 0.2) is 0 Å². The molecule has 0 fully saturated rings. The van der Waals surface area contributed by atoms with Crippen LogP contribution in [0.2, 0.25) is 5.02 Å². The van der Waals surface area contributed by atoms with Crippen LogP contribution in [-0.4, -0.2) is 23.2 Å². The number of halogens is 4. The van der Waals surface area contributed by atoms with Gasteiger partial charge in [-0.05, 0) is 35.6 Å². The van der Waals surface area contributed by atoms with E-state index in [1.165, 1.54) is 17.7 Å². The van der Waals surface area contributed by atoms with Crippen molar-refractivity contribution in [3.8, 4) is 0 Å². The molecule has 0 saturated heterocycles. The molecule has 0 saturated carbocycles. The van der Waals surface area contributed by atoms with Gasteiger partial charge in [0.25, 0.3) is 0 Å². The Morgan fingerprint density at radius 3 is 2.16 bits per heavy atom. The summed E-state index contributed by atoms with van der Waals surface area (Å²) in [7, 11) is 0. The highest BCUT2D eigenvalue weighted by Crippen LogP contribution is 2.29. The van der Waals surface area contributed by atoms with E-state index in [2.05, 4.69) is 36.5 Å². The Morgan fingerprint density at radius 1 is 1.09 bits per heavy atom. The number of rotatable bonds is 7. The van der Waals surface area contributed by atoms with Gasteiger partial charge in [0.05, 0.1) is 23.6 Å². The van der Waals surface area contributed by atoms with Gasteiger partial charge >= 0.3 is 12.1 Å². The van der Waals surface area contributed by atoms with Crippen molar-refractivity contribution in [2.75, 3.05) is 5.32 Å². The largest absolute Gasteiger partial charge is 0.481 e. The lowest BCUT2D eigenvalue weighted by Gasteiger charge is -2.13. The third-order valence-corrected chi connectivity index (χ3v) is 4.53. The number of alkyl halides is 3. The molecule has 2 rings (SSSR count). The van der Waals surface area contributed by atoms with Crippen LogP contribution in [0.15, 0.2) is 48.5 Å². The number of aryl methyl sites for hydroxylation is 1. The molecule has 2 N–H and O–H groups in total. The van der Waals surface area contributed by atoms with E-state index in [1.54, 1.807) is 13.0 Å². The number of benzene rings is 2. The molecule has 2 aromatic rings. The van der Waals surface area contributed by atoms with Crippen molar-refractivity contribution in [2.24, 2.45) is 0 Å². The van der Waals surface area contributed by atoms with Gasteiger partial charge in [-0.3, -0.25) is 9.59 Å². The van der Waals surface area contributed by atoms with E-state index in [4.69, 9.17) is 16.7 Å². The predicted molar refractivity (Wildman–Crippen MR) is 123 cm³/mol. The van der Waals surface area contributed by atoms with Crippen LogP contribution in [0.3, 0.4) is 0 Å². The summed E-state index contributed by atoms with van der Waals surface area (Å²) in [6, 6.07) is 15.0. The summed E-state index contributed by atoms with van der Waals surface area (Å²) in [5, 5.41) is 11.2. The number of carbonyl (C=O) groups excluding carboxylic acids is 1. The van der Waals surface area contributed by atoms with Crippen LogP contribution < -0.4 is 5.32 Å². The van der Waals surface area contributed by atoms with Gasteiger partial charge in [0.2, 0.25) is 5.91 Å². The molecule has 0 aliphatic heterocycles. The molecule has 1 amide bonds. The standard InChI is InChI=1S/C14H15ClF3NO3.C8H10.C2H6/c1-8(6-13(21)22)9-2-3-10(15)11(7-9)19-12(20)4-5-14(16,17)18;1-2-8-6-4-3-5-7-8;1-2/h2-3,7-8H,4-6H2,1H3,(H,19,20)(H,21,22);3-7H,2H2,1H3;1-2H3. The Hall–Kier alpha value is -2.54. The molecule has 178 valence electrons. The van der Waals surface area contributed by atoms with Gasteiger partial charge < -0.3 is 10.4 Å². The Balaban J connectivity index is 0.000000796. The van der Waals surface area contributed by atoms with Gasteiger partial charge in [-0.1, -0.05) is 75.7 Å². The summed E-state index contributed by atoms with van der Waals surface area (Å²) in [5.41, 5.74) is 2.20. The molecule has 4 nitrogen and oxygen atoms in total.